The molecule has 0 aliphatic carbocycles. The van der Waals surface area contributed by atoms with E-state index in [1.54, 1.807) is 6.92 Å². The molecule has 13 heavy (non-hydrogen) atoms. The summed E-state index contributed by atoms with van der Waals surface area (Å²) in [6.07, 6.45) is 6.89. The van der Waals surface area contributed by atoms with Gasteiger partial charge >= 0.3 is 0 Å². The van der Waals surface area contributed by atoms with Gasteiger partial charge in [0.2, 0.25) is 0 Å². The van der Waals surface area contributed by atoms with E-state index in [0.29, 0.717) is 12.8 Å². The summed E-state index contributed by atoms with van der Waals surface area (Å²) in [5.41, 5.74) is 0. The quantitative estimate of drug-likeness (QED) is 0.448. The number of hydrogen-bond donors (Lipinski definition) is 0. The van der Waals surface area contributed by atoms with Crippen LogP contribution in [0.15, 0.2) is 12.2 Å². The van der Waals surface area contributed by atoms with Crippen molar-refractivity contribution in [3.05, 3.63) is 12.2 Å². The number of ketones is 2. The van der Waals surface area contributed by atoms with Crippen LogP contribution in [0, 0.1) is 0 Å². The van der Waals surface area contributed by atoms with E-state index >= 15 is 0 Å². The number of carbonyl (C=O) groups is 2. The summed E-state index contributed by atoms with van der Waals surface area (Å²) in [6, 6.07) is 0. The second-order valence-corrected chi connectivity index (χ2v) is 3.03. The Morgan fingerprint density at radius 1 is 1.08 bits per heavy atom. The second kappa shape index (κ2) is 7.71. The van der Waals surface area contributed by atoms with Gasteiger partial charge in [-0.3, -0.25) is 9.59 Å². The molecule has 74 valence electrons. The molecule has 2 nitrogen and oxygen atoms in total. The van der Waals surface area contributed by atoms with Gasteiger partial charge < -0.3 is 0 Å². The summed E-state index contributed by atoms with van der Waals surface area (Å²) in [6.45, 7) is 3.84. The summed E-state index contributed by atoms with van der Waals surface area (Å²) in [4.78, 5) is 22.0. The monoisotopic (exact) mass is 182 g/mol. The molecule has 0 aliphatic heterocycles. The van der Waals surface area contributed by atoms with Crippen LogP contribution >= 0.6 is 0 Å². The van der Waals surface area contributed by atoms with E-state index in [1.165, 1.54) is 0 Å². The average molecular weight is 182 g/mol. The summed E-state index contributed by atoms with van der Waals surface area (Å²) < 4.78 is 0. The topological polar surface area (TPSA) is 34.1 Å². The molecule has 0 aromatic heterocycles. The van der Waals surface area contributed by atoms with Gasteiger partial charge in [0.1, 0.15) is 11.6 Å². The Balaban J connectivity index is 3.52. The van der Waals surface area contributed by atoms with Crippen LogP contribution in [0.5, 0.6) is 0 Å². The van der Waals surface area contributed by atoms with E-state index in [0.717, 1.165) is 12.8 Å². The van der Waals surface area contributed by atoms with Gasteiger partial charge in [-0.05, 0) is 12.8 Å². The first kappa shape index (κ1) is 12.1. The first-order chi connectivity index (χ1) is 6.20. The Bertz CT molecular complexity index is 192. The number of hydrogen-bond acceptors (Lipinski definition) is 2. The Morgan fingerprint density at radius 2 is 1.77 bits per heavy atom. The molecule has 2 heteroatoms. The van der Waals surface area contributed by atoms with E-state index < -0.39 is 0 Å². The number of carbonyl (C=O) groups excluding carboxylic acids is 2. The van der Waals surface area contributed by atoms with E-state index in [4.69, 9.17) is 0 Å². The van der Waals surface area contributed by atoms with Crippen molar-refractivity contribution in [2.45, 2.75) is 46.0 Å². The van der Waals surface area contributed by atoms with Crippen molar-refractivity contribution in [2.24, 2.45) is 0 Å². The fraction of sp³-hybridized carbons (Fsp3) is 0.636. The van der Waals surface area contributed by atoms with E-state index in [-0.39, 0.29) is 18.0 Å². The first-order valence-electron chi connectivity index (χ1n) is 4.89. The number of allylic oxidation sites excluding steroid dienone is 2. The van der Waals surface area contributed by atoms with Gasteiger partial charge in [-0.2, -0.15) is 0 Å². The van der Waals surface area contributed by atoms with Gasteiger partial charge in [0.15, 0.2) is 0 Å². The van der Waals surface area contributed by atoms with E-state index in [2.05, 4.69) is 6.92 Å². The van der Waals surface area contributed by atoms with Crippen molar-refractivity contribution in [3.8, 4) is 0 Å². The van der Waals surface area contributed by atoms with Gasteiger partial charge in [-0.15, -0.1) is 0 Å². The molecule has 0 aromatic carbocycles. The normalized spacial score (nSPS) is 10.6. The molecule has 0 unspecified atom stereocenters. The van der Waals surface area contributed by atoms with Gasteiger partial charge in [0.05, 0.1) is 6.42 Å². The lowest BCUT2D eigenvalue weighted by Crippen LogP contribution is -2.05. The standard InChI is InChI=1S/C11H18O2/c1-3-5-6-7-8-11(13)9-10(12)4-2/h5-6H,3-4,7-9H2,1-2H3. The van der Waals surface area contributed by atoms with Crippen molar-refractivity contribution in [1.82, 2.24) is 0 Å². The lowest BCUT2D eigenvalue weighted by molar-refractivity contribution is -0.126. The average Bonchev–Trinajstić information content (AvgIpc) is 2.12. The fourth-order valence-electron chi connectivity index (χ4n) is 0.962. The van der Waals surface area contributed by atoms with Crippen LogP contribution in [0.25, 0.3) is 0 Å². The molecule has 0 fully saturated rings. The summed E-state index contributed by atoms with van der Waals surface area (Å²) in [7, 11) is 0. The third-order valence-electron chi connectivity index (χ3n) is 1.78. The van der Waals surface area contributed by atoms with E-state index in [1.807, 2.05) is 12.2 Å². The number of rotatable bonds is 7. The van der Waals surface area contributed by atoms with Crippen molar-refractivity contribution in [3.63, 3.8) is 0 Å². The van der Waals surface area contributed by atoms with Gasteiger partial charge in [0, 0.05) is 12.8 Å². The highest BCUT2D eigenvalue weighted by Crippen LogP contribution is 1.99. The fourth-order valence-corrected chi connectivity index (χ4v) is 0.962. The summed E-state index contributed by atoms with van der Waals surface area (Å²) in [5, 5.41) is 0. The minimum atomic E-state index is 0.0458. The minimum absolute atomic E-state index is 0.0458. The summed E-state index contributed by atoms with van der Waals surface area (Å²) in [5.74, 6) is 0.108. The van der Waals surface area contributed by atoms with Crippen molar-refractivity contribution >= 4 is 11.6 Å². The van der Waals surface area contributed by atoms with Crippen molar-refractivity contribution in [2.75, 3.05) is 0 Å². The Labute approximate surface area is 80.0 Å². The molecule has 0 saturated carbocycles. The molecule has 0 bridgehead atoms. The Hall–Kier alpha value is -0.920. The predicted molar refractivity (Wildman–Crippen MR) is 53.6 cm³/mol. The third-order valence-corrected chi connectivity index (χ3v) is 1.78. The lowest BCUT2D eigenvalue weighted by Gasteiger charge is -1.95. The Kier molecular flexibility index (Phi) is 7.17. The van der Waals surface area contributed by atoms with Crippen LogP contribution in [0.4, 0.5) is 0 Å². The van der Waals surface area contributed by atoms with Crippen molar-refractivity contribution in [1.29, 1.82) is 0 Å². The third kappa shape index (κ3) is 7.44. The van der Waals surface area contributed by atoms with Crippen LogP contribution in [-0.4, -0.2) is 11.6 Å². The molecule has 0 spiro atoms. The largest absolute Gasteiger partial charge is 0.299 e. The molecular weight excluding hydrogens is 164 g/mol. The van der Waals surface area contributed by atoms with Gasteiger partial charge in [0.25, 0.3) is 0 Å². The number of Topliss-reactive ketones (excluding diaryl/α,β-unsaturated/α-hetero) is 2. The summed E-state index contributed by atoms with van der Waals surface area (Å²) >= 11 is 0. The SMILES string of the molecule is CCC=CCCC(=O)CC(=O)CC. The minimum Gasteiger partial charge on any atom is -0.299 e. The predicted octanol–water partition coefficient (Wildman–Crippen LogP) is 2.67. The molecule has 0 atom stereocenters. The maximum absolute atomic E-state index is 11.1. The van der Waals surface area contributed by atoms with Crippen LogP contribution in [0.3, 0.4) is 0 Å². The van der Waals surface area contributed by atoms with Gasteiger partial charge in [-0.25, -0.2) is 0 Å². The molecule has 0 aliphatic rings. The Morgan fingerprint density at radius 3 is 2.31 bits per heavy atom. The molecule has 0 aromatic rings. The zero-order valence-electron chi connectivity index (χ0n) is 8.51. The van der Waals surface area contributed by atoms with Crippen LogP contribution in [0.2, 0.25) is 0 Å². The molecule has 0 amide bonds. The zero-order valence-corrected chi connectivity index (χ0v) is 8.51. The highest BCUT2D eigenvalue weighted by atomic mass is 16.1. The molecular formula is C11H18O2. The van der Waals surface area contributed by atoms with E-state index in [9.17, 15) is 9.59 Å². The first-order valence-corrected chi connectivity index (χ1v) is 4.89. The molecule has 0 saturated heterocycles. The second-order valence-electron chi connectivity index (χ2n) is 3.03. The van der Waals surface area contributed by atoms with Crippen molar-refractivity contribution < 1.29 is 9.59 Å². The molecule has 0 N–H and O–H groups in total. The van der Waals surface area contributed by atoms with Crippen LogP contribution in [0.1, 0.15) is 46.0 Å². The maximum atomic E-state index is 11.1. The highest BCUT2D eigenvalue weighted by molar-refractivity contribution is 5.98. The van der Waals surface area contributed by atoms with Crippen LogP contribution in [-0.2, 0) is 9.59 Å². The zero-order chi connectivity index (χ0) is 10.1. The molecule has 0 rings (SSSR count). The van der Waals surface area contributed by atoms with Crippen LogP contribution < -0.4 is 0 Å². The maximum Gasteiger partial charge on any atom is 0.140 e. The smallest absolute Gasteiger partial charge is 0.140 e. The lowest BCUT2D eigenvalue weighted by atomic mass is 10.1. The van der Waals surface area contributed by atoms with Gasteiger partial charge in [-0.1, -0.05) is 26.0 Å². The molecule has 0 heterocycles. The molecule has 0 radical (unpaired) electrons. The highest BCUT2D eigenvalue weighted by Gasteiger charge is 2.05.